The lowest BCUT2D eigenvalue weighted by molar-refractivity contribution is -0.120. The third-order valence-electron chi connectivity index (χ3n) is 6.49. The number of nitrogens with one attached hydrogen (secondary N) is 2. The topological polar surface area (TPSA) is 142 Å². The van der Waals surface area contributed by atoms with Gasteiger partial charge in [0.2, 0.25) is 12.3 Å². The molecule has 3 aromatic carbocycles. The number of nitrogens with zero attached hydrogens (tertiary/aromatic N) is 1. The number of carbonyl (C=O) groups excluding carboxylic acids is 4. The van der Waals surface area contributed by atoms with Gasteiger partial charge in [-0.25, -0.2) is 4.79 Å². The first-order valence-electron chi connectivity index (χ1n) is 13.0. The van der Waals surface area contributed by atoms with Crippen LogP contribution in [0.15, 0.2) is 84.8 Å². The van der Waals surface area contributed by atoms with E-state index >= 15 is 0 Å². The number of methoxy groups -OCH3 is 1. The summed E-state index contributed by atoms with van der Waals surface area (Å²) in [6.45, 7) is 1.40. The number of rotatable bonds is 14. The van der Waals surface area contributed by atoms with Gasteiger partial charge in [0.05, 0.1) is 12.7 Å². The van der Waals surface area contributed by atoms with E-state index in [1.165, 1.54) is 44.4 Å². The Morgan fingerprint density at radius 3 is 2.19 bits per heavy atom. The minimum atomic E-state index is -1.09. The smallest absolute Gasteiger partial charge is 0.335 e. The molecule has 0 heterocycles. The van der Waals surface area contributed by atoms with E-state index in [-0.39, 0.29) is 29.1 Å². The predicted octanol–water partition coefficient (Wildman–Crippen LogP) is 5.06. The fourth-order valence-electron chi connectivity index (χ4n) is 4.30. The minimum absolute atomic E-state index is 0.0730. The molecule has 0 bridgehead atoms. The highest BCUT2D eigenvalue weighted by molar-refractivity contribution is 6.31. The van der Waals surface area contributed by atoms with Crippen LogP contribution in [0.4, 0.5) is 11.4 Å². The zero-order chi connectivity index (χ0) is 31.5. The SMILES string of the molecule is COC(=C/N(C)C(Cc1ccc(NC=O)cc1)C(=O)Nc1ccc(C(=O)O)cc1)/C(=C\C=O)c1cc(Cl)ccc1C(C)=O. The molecule has 222 valence electrons. The quantitative estimate of drug-likeness (QED) is 0.0763. The number of Topliss-reactive ketones (excluding diaryl/α,β-unsaturated/α-hetero) is 1. The summed E-state index contributed by atoms with van der Waals surface area (Å²) < 4.78 is 5.65. The highest BCUT2D eigenvalue weighted by Crippen LogP contribution is 2.30. The van der Waals surface area contributed by atoms with Crippen molar-refractivity contribution >= 4 is 58.9 Å². The maximum Gasteiger partial charge on any atom is 0.335 e. The Labute approximate surface area is 253 Å². The van der Waals surface area contributed by atoms with Crippen molar-refractivity contribution in [3.05, 3.63) is 112 Å². The highest BCUT2D eigenvalue weighted by Gasteiger charge is 2.25. The number of carboxylic acids is 1. The van der Waals surface area contributed by atoms with E-state index < -0.39 is 17.9 Å². The third-order valence-corrected chi connectivity index (χ3v) is 6.73. The molecule has 1 atom stereocenters. The number of likely N-dealkylation sites (N-methyl/N-ethyl adjacent to an activating group) is 1. The average molecular weight is 604 g/mol. The molecule has 0 fully saturated rings. The summed E-state index contributed by atoms with van der Waals surface area (Å²) in [6, 6.07) is 16.5. The Hall–Kier alpha value is -5.22. The van der Waals surface area contributed by atoms with Crippen molar-refractivity contribution in [1.29, 1.82) is 0 Å². The highest BCUT2D eigenvalue weighted by atomic mass is 35.5. The van der Waals surface area contributed by atoms with E-state index in [9.17, 15) is 29.1 Å². The fraction of sp³-hybridized carbons (Fsp3) is 0.156. The van der Waals surface area contributed by atoms with Crippen molar-refractivity contribution in [2.75, 3.05) is 24.8 Å². The van der Waals surface area contributed by atoms with Crippen LogP contribution in [0.3, 0.4) is 0 Å². The first-order chi connectivity index (χ1) is 20.6. The molecule has 0 aliphatic carbocycles. The second-order valence-electron chi connectivity index (χ2n) is 9.38. The summed E-state index contributed by atoms with van der Waals surface area (Å²) in [4.78, 5) is 61.3. The maximum absolute atomic E-state index is 13.6. The number of aldehydes is 1. The van der Waals surface area contributed by atoms with Gasteiger partial charge in [0.1, 0.15) is 18.1 Å². The number of hydrogen-bond acceptors (Lipinski definition) is 7. The lowest BCUT2D eigenvalue weighted by atomic mass is 9.95. The Kier molecular flexibility index (Phi) is 11.4. The monoisotopic (exact) mass is 603 g/mol. The van der Waals surface area contributed by atoms with Crippen molar-refractivity contribution in [2.45, 2.75) is 19.4 Å². The zero-order valence-corrected chi connectivity index (χ0v) is 24.4. The van der Waals surface area contributed by atoms with Gasteiger partial charge in [-0.2, -0.15) is 0 Å². The molecule has 11 heteroatoms. The van der Waals surface area contributed by atoms with E-state index in [1.807, 2.05) is 0 Å². The van der Waals surface area contributed by atoms with Crippen LogP contribution in [0, 0.1) is 0 Å². The Bertz CT molecular complexity index is 1560. The number of anilines is 2. The lowest BCUT2D eigenvalue weighted by Gasteiger charge is -2.27. The van der Waals surface area contributed by atoms with Crippen molar-refractivity contribution < 1.29 is 33.8 Å². The van der Waals surface area contributed by atoms with Gasteiger partial charge in [0.25, 0.3) is 0 Å². The van der Waals surface area contributed by atoms with Crippen LogP contribution >= 0.6 is 11.6 Å². The van der Waals surface area contributed by atoms with E-state index in [0.717, 1.165) is 5.56 Å². The van der Waals surface area contributed by atoms with Gasteiger partial charge in [-0.15, -0.1) is 0 Å². The molecule has 3 aromatic rings. The number of halogens is 1. The number of ether oxygens (including phenoxy) is 1. The molecule has 0 aromatic heterocycles. The van der Waals surface area contributed by atoms with Gasteiger partial charge in [-0.3, -0.25) is 19.2 Å². The lowest BCUT2D eigenvalue weighted by Crippen LogP contribution is -2.41. The van der Waals surface area contributed by atoms with Gasteiger partial charge < -0.3 is 25.4 Å². The number of carboxylic acid groups (broad SMARTS) is 1. The van der Waals surface area contributed by atoms with Gasteiger partial charge in [0.15, 0.2) is 5.78 Å². The second kappa shape index (κ2) is 15.1. The molecule has 3 rings (SSSR count). The number of ketones is 1. The molecule has 0 spiro atoms. The summed E-state index contributed by atoms with van der Waals surface area (Å²) in [6.07, 6.45) is 4.13. The van der Waals surface area contributed by atoms with E-state index in [4.69, 9.17) is 16.3 Å². The average Bonchev–Trinajstić information content (AvgIpc) is 2.98. The van der Waals surface area contributed by atoms with Crippen LogP contribution in [0.2, 0.25) is 5.02 Å². The minimum Gasteiger partial charge on any atom is -0.495 e. The molecule has 0 aliphatic heterocycles. The van der Waals surface area contributed by atoms with Crippen LogP contribution in [0.5, 0.6) is 0 Å². The molecule has 0 saturated heterocycles. The molecule has 0 saturated carbocycles. The standard InChI is InChI=1S/C32H30ClN3O7/c1-20(39)26-13-8-23(33)17-28(26)27(14-15-37)30(43-3)18-36(2)29(16-21-4-9-24(10-5-21)34-19-38)31(40)35-25-11-6-22(7-12-25)32(41)42/h4-15,17-19,29H,16H2,1-3H3,(H,34,38)(H,35,40)(H,41,42)/b27-14-,30-18+. The van der Waals surface area contributed by atoms with E-state index in [2.05, 4.69) is 10.6 Å². The molecule has 43 heavy (non-hydrogen) atoms. The van der Waals surface area contributed by atoms with Gasteiger partial charge in [-0.05, 0) is 78.7 Å². The maximum atomic E-state index is 13.6. The summed E-state index contributed by atoms with van der Waals surface area (Å²) in [5.41, 5.74) is 2.81. The van der Waals surface area contributed by atoms with Crippen molar-refractivity contribution in [1.82, 2.24) is 4.90 Å². The summed E-state index contributed by atoms with van der Waals surface area (Å²) in [5, 5.41) is 14.9. The largest absolute Gasteiger partial charge is 0.495 e. The number of hydrogen-bond donors (Lipinski definition) is 3. The molecule has 2 amide bonds. The Morgan fingerprint density at radius 1 is 0.977 bits per heavy atom. The number of allylic oxidation sites excluding steroid dienone is 2. The van der Waals surface area contributed by atoms with Crippen LogP contribution in [-0.2, 0) is 25.5 Å². The molecular weight excluding hydrogens is 574 g/mol. The molecule has 0 radical (unpaired) electrons. The van der Waals surface area contributed by atoms with Crippen molar-refractivity contribution in [2.24, 2.45) is 0 Å². The fourth-order valence-corrected chi connectivity index (χ4v) is 4.47. The van der Waals surface area contributed by atoms with Gasteiger partial charge in [-0.1, -0.05) is 23.7 Å². The number of carbonyl (C=O) groups is 5. The summed E-state index contributed by atoms with van der Waals surface area (Å²) in [5.74, 6) is -1.56. The normalized spacial score (nSPS) is 12.1. The Balaban J connectivity index is 2.03. The molecule has 10 nitrogen and oxygen atoms in total. The van der Waals surface area contributed by atoms with Crippen molar-refractivity contribution in [3.63, 3.8) is 0 Å². The van der Waals surface area contributed by atoms with Crippen LogP contribution in [-0.4, -0.2) is 60.6 Å². The molecular formula is C32H30ClN3O7. The van der Waals surface area contributed by atoms with E-state index in [0.29, 0.717) is 40.2 Å². The molecule has 3 N–H and O–H groups in total. The second-order valence-corrected chi connectivity index (χ2v) is 9.81. The zero-order valence-electron chi connectivity index (χ0n) is 23.7. The number of benzene rings is 3. The Morgan fingerprint density at radius 2 is 1.63 bits per heavy atom. The van der Waals surface area contributed by atoms with Crippen LogP contribution in [0.1, 0.15) is 38.8 Å². The third kappa shape index (κ3) is 8.64. The first-order valence-corrected chi connectivity index (χ1v) is 13.3. The van der Waals surface area contributed by atoms with Crippen molar-refractivity contribution in [3.8, 4) is 0 Å². The van der Waals surface area contributed by atoms with Crippen LogP contribution < -0.4 is 10.6 Å². The molecule has 0 aliphatic rings. The van der Waals surface area contributed by atoms with Crippen LogP contribution in [0.25, 0.3) is 5.57 Å². The summed E-state index contributed by atoms with van der Waals surface area (Å²) >= 11 is 6.23. The van der Waals surface area contributed by atoms with Gasteiger partial charge >= 0.3 is 5.97 Å². The van der Waals surface area contributed by atoms with E-state index in [1.54, 1.807) is 60.6 Å². The van der Waals surface area contributed by atoms with Gasteiger partial charge in [0, 0.05) is 47.2 Å². The predicted molar refractivity (Wildman–Crippen MR) is 164 cm³/mol. The summed E-state index contributed by atoms with van der Waals surface area (Å²) in [7, 11) is 3.05. The first kappa shape index (κ1) is 32.3. The molecule has 1 unspecified atom stereocenters. The number of amides is 2. The number of aromatic carboxylic acids is 1.